The second-order valence-corrected chi connectivity index (χ2v) is 9.42. The first-order chi connectivity index (χ1) is 9.18. The Hall–Kier alpha value is -0.0431. The quantitative estimate of drug-likeness (QED) is 0.481. The fourth-order valence-electron chi connectivity index (χ4n) is 4.49. The van der Waals surface area contributed by atoms with E-state index in [1.807, 2.05) is 0 Å². The molecule has 0 N–H and O–H groups in total. The summed E-state index contributed by atoms with van der Waals surface area (Å²) in [5.41, 5.74) is 1.89. The van der Waals surface area contributed by atoms with Crippen LogP contribution in [-0.4, -0.2) is 9.52 Å². The molecular formula is C18H34Si. The predicted molar refractivity (Wildman–Crippen MR) is 89.6 cm³/mol. The molecule has 0 bridgehead atoms. The van der Waals surface area contributed by atoms with Crippen molar-refractivity contribution in [2.24, 2.45) is 17.3 Å². The highest BCUT2D eigenvalue weighted by atomic mass is 28.2. The summed E-state index contributed by atoms with van der Waals surface area (Å²) in [4.78, 5) is 0. The monoisotopic (exact) mass is 278 g/mol. The van der Waals surface area contributed by atoms with Crippen LogP contribution in [-0.2, 0) is 0 Å². The van der Waals surface area contributed by atoms with Gasteiger partial charge in [-0.1, -0.05) is 50.9 Å². The van der Waals surface area contributed by atoms with Crippen LogP contribution < -0.4 is 0 Å². The summed E-state index contributed by atoms with van der Waals surface area (Å²) in [6, 6.07) is 0. The van der Waals surface area contributed by atoms with Gasteiger partial charge < -0.3 is 0 Å². The molecule has 0 heterocycles. The highest BCUT2D eigenvalue weighted by molar-refractivity contribution is 6.35. The van der Waals surface area contributed by atoms with Gasteiger partial charge in [-0.2, -0.15) is 0 Å². The zero-order valence-electron chi connectivity index (χ0n) is 13.5. The fraction of sp³-hybridized carbons (Fsp3) is 0.889. The van der Waals surface area contributed by atoms with Crippen molar-refractivity contribution in [3.8, 4) is 0 Å². The van der Waals surface area contributed by atoms with Crippen LogP contribution in [0.5, 0.6) is 0 Å². The van der Waals surface area contributed by atoms with Crippen LogP contribution in [0.15, 0.2) is 12.2 Å². The Kier molecular flexibility index (Phi) is 5.74. The molecule has 0 spiro atoms. The van der Waals surface area contributed by atoms with E-state index in [0.29, 0.717) is 5.41 Å². The lowest BCUT2D eigenvalue weighted by molar-refractivity contribution is 0.0794. The molecule has 110 valence electrons. The Labute approximate surface area is 123 Å². The smallest absolute Gasteiger partial charge is 0.0201 e. The first kappa shape index (κ1) is 15.3. The summed E-state index contributed by atoms with van der Waals surface area (Å²) in [5, 5.41) is 0. The SMILES string of the molecule is CC/C=C/C1CCC([C@]2(C)CC[C@@H]([SiH2]C)CC2)CC1. The average molecular weight is 279 g/mol. The third-order valence-corrected chi connectivity index (χ3v) is 8.20. The van der Waals surface area contributed by atoms with E-state index >= 15 is 0 Å². The number of hydrogen-bond donors (Lipinski definition) is 0. The van der Waals surface area contributed by atoms with Gasteiger partial charge in [-0.25, -0.2) is 0 Å². The standard InChI is InChI=1S/C18H34Si/c1-4-5-6-15-7-9-16(10-8-15)18(2)13-11-17(19-3)12-14-18/h5-6,15-17H,4,7-14,19H2,1-3H3/b6-5+/t15?,16?,17-,18-. The van der Waals surface area contributed by atoms with Gasteiger partial charge >= 0.3 is 0 Å². The van der Waals surface area contributed by atoms with Crippen LogP contribution in [0.1, 0.15) is 71.6 Å². The van der Waals surface area contributed by atoms with Crippen molar-refractivity contribution in [2.75, 3.05) is 0 Å². The molecule has 0 aliphatic heterocycles. The van der Waals surface area contributed by atoms with Gasteiger partial charge in [0.2, 0.25) is 0 Å². The van der Waals surface area contributed by atoms with Crippen molar-refractivity contribution in [3.05, 3.63) is 12.2 Å². The van der Waals surface area contributed by atoms with Crippen LogP contribution in [0, 0.1) is 17.3 Å². The van der Waals surface area contributed by atoms with Gasteiger partial charge in [0, 0.05) is 9.52 Å². The van der Waals surface area contributed by atoms with E-state index in [1.165, 1.54) is 37.6 Å². The molecule has 0 unspecified atom stereocenters. The second kappa shape index (κ2) is 7.11. The molecule has 0 radical (unpaired) electrons. The summed E-state index contributed by atoms with van der Waals surface area (Å²) >= 11 is 0. The van der Waals surface area contributed by atoms with Crippen LogP contribution in [0.3, 0.4) is 0 Å². The van der Waals surface area contributed by atoms with Crippen molar-refractivity contribution in [2.45, 2.75) is 83.7 Å². The summed E-state index contributed by atoms with van der Waals surface area (Å²) in [5.74, 6) is 1.94. The molecule has 0 aromatic carbocycles. The van der Waals surface area contributed by atoms with Gasteiger partial charge in [0.05, 0.1) is 0 Å². The van der Waals surface area contributed by atoms with E-state index in [-0.39, 0.29) is 9.52 Å². The van der Waals surface area contributed by atoms with E-state index in [9.17, 15) is 0 Å². The Morgan fingerprint density at radius 1 is 1.05 bits per heavy atom. The molecule has 1 heteroatoms. The van der Waals surface area contributed by atoms with Crippen LogP contribution >= 0.6 is 0 Å². The normalized spacial score (nSPS) is 41.3. The van der Waals surface area contributed by atoms with Gasteiger partial charge in [-0.15, -0.1) is 0 Å². The minimum absolute atomic E-state index is 0.264. The molecule has 2 aliphatic rings. The maximum Gasteiger partial charge on any atom is 0.0201 e. The second-order valence-electron chi connectivity index (χ2n) is 7.45. The van der Waals surface area contributed by atoms with Crippen LogP contribution in [0.2, 0.25) is 12.1 Å². The highest BCUT2D eigenvalue weighted by Gasteiger charge is 2.38. The van der Waals surface area contributed by atoms with E-state index in [2.05, 4.69) is 32.5 Å². The molecule has 0 nitrogen and oxygen atoms in total. The molecule has 0 atom stereocenters. The third kappa shape index (κ3) is 3.97. The zero-order valence-corrected chi connectivity index (χ0v) is 14.9. The van der Waals surface area contributed by atoms with Gasteiger partial charge in [0.15, 0.2) is 0 Å². The summed E-state index contributed by atoms with van der Waals surface area (Å²) in [6.07, 6.45) is 18.2. The lowest BCUT2D eigenvalue weighted by atomic mass is 9.61. The predicted octanol–water partition coefficient (Wildman–Crippen LogP) is 5.34. The maximum absolute atomic E-state index is 2.62. The largest absolute Gasteiger partial charge is 0.0885 e. The van der Waals surface area contributed by atoms with Crippen LogP contribution in [0.25, 0.3) is 0 Å². The number of hydrogen-bond acceptors (Lipinski definition) is 0. The highest BCUT2D eigenvalue weighted by Crippen LogP contribution is 2.51. The number of rotatable bonds is 4. The zero-order chi connectivity index (χ0) is 13.7. The molecule has 0 aromatic rings. The third-order valence-electron chi connectivity index (χ3n) is 6.23. The van der Waals surface area contributed by atoms with Gasteiger partial charge in [-0.3, -0.25) is 0 Å². The topological polar surface area (TPSA) is 0 Å². The van der Waals surface area contributed by atoms with Gasteiger partial charge in [-0.05, 0) is 62.2 Å². The van der Waals surface area contributed by atoms with Crippen molar-refractivity contribution < 1.29 is 0 Å². The molecule has 2 saturated carbocycles. The molecule has 2 fully saturated rings. The fourth-order valence-corrected chi connectivity index (χ4v) is 5.72. The lowest BCUT2D eigenvalue weighted by Gasteiger charge is -2.45. The molecule has 0 saturated heterocycles. The van der Waals surface area contributed by atoms with Crippen molar-refractivity contribution in [3.63, 3.8) is 0 Å². The Balaban J connectivity index is 1.82. The molecular weight excluding hydrogens is 244 g/mol. The minimum Gasteiger partial charge on any atom is -0.0885 e. The van der Waals surface area contributed by atoms with Gasteiger partial charge in [0.1, 0.15) is 0 Å². The van der Waals surface area contributed by atoms with E-state index in [0.717, 1.165) is 11.8 Å². The van der Waals surface area contributed by atoms with Gasteiger partial charge in [0.25, 0.3) is 0 Å². The van der Waals surface area contributed by atoms with Crippen molar-refractivity contribution >= 4 is 9.52 Å². The molecule has 0 aromatic heterocycles. The van der Waals surface area contributed by atoms with Crippen molar-refractivity contribution in [1.82, 2.24) is 0 Å². The van der Waals surface area contributed by atoms with Crippen molar-refractivity contribution in [1.29, 1.82) is 0 Å². The average Bonchev–Trinajstić information content (AvgIpc) is 2.46. The summed E-state index contributed by atoms with van der Waals surface area (Å²) < 4.78 is 0. The molecule has 19 heavy (non-hydrogen) atoms. The Morgan fingerprint density at radius 3 is 2.21 bits per heavy atom. The lowest BCUT2D eigenvalue weighted by Crippen LogP contribution is -2.34. The van der Waals surface area contributed by atoms with E-state index in [1.54, 1.807) is 25.7 Å². The Morgan fingerprint density at radius 2 is 1.68 bits per heavy atom. The van der Waals surface area contributed by atoms with E-state index in [4.69, 9.17) is 0 Å². The molecule has 2 rings (SSSR count). The minimum atomic E-state index is 0.264. The molecule has 0 amide bonds. The first-order valence-electron chi connectivity index (χ1n) is 8.84. The Bertz CT molecular complexity index is 278. The summed E-state index contributed by atoms with van der Waals surface area (Å²) in [6.45, 7) is 7.38. The summed E-state index contributed by atoms with van der Waals surface area (Å²) in [7, 11) is 0.264. The van der Waals surface area contributed by atoms with Crippen LogP contribution in [0.4, 0.5) is 0 Å². The number of allylic oxidation sites excluding steroid dienone is 2. The van der Waals surface area contributed by atoms with E-state index < -0.39 is 0 Å². The molecule has 2 aliphatic carbocycles. The maximum atomic E-state index is 2.62. The first-order valence-corrected chi connectivity index (χ1v) is 11.1.